The average molecular weight is 255 g/mol. The van der Waals surface area contributed by atoms with Gasteiger partial charge in [-0.3, -0.25) is 19.5 Å². The number of hydrogen-bond acceptors (Lipinski definition) is 4. The van der Waals surface area contributed by atoms with Crippen molar-refractivity contribution in [3.63, 3.8) is 0 Å². The van der Waals surface area contributed by atoms with Crippen LogP contribution in [0.1, 0.15) is 10.6 Å². The van der Waals surface area contributed by atoms with Gasteiger partial charge in [-0.05, 0) is 24.3 Å². The Morgan fingerprint density at radius 3 is 3.11 bits per heavy atom. The maximum atomic E-state index is 12.1. The van der Waals surface area contributed by atoms with E-state index in [4.69, 9.17) is 4.42 Å². The Morgan fingerprint density at radius 1 is 1.42 bits per heavy atom. The minimum absolute atomic E-state index is 0.0926. The van der Waals surface area contributed by atoms with Crippen molar-refractivity contribution in [3.05, 3.63) is 48.6 Å². The third-order valence-electron chi connectivity index (χ3n) is 2.66. The summed E-state index contributed by atoms with van der Waals surface area (Å²) < 4.78 is 4.94. The van der Waals surface area contributed by atoms with Crippen LogP contribution in [0.25, 0.3) is 0 Å². The third-order valence-corrected chi connectivity index (χ3v) is 2.66. The summed E-state index contributed by atoms with van der Waals surface area (Å²) in [6.07, 6.45) is 8.20. The molecule has 0 bridgehead atoms. The molecule has 0 saturated heterocycles. The normalized spacial score (nSPS) is 19.6. The van der Waals surface area contributed by atoms with Crippen LogP contribution >= 0.6 is 0 Å². The van der Waals surface area contributed by atoms with Crippen LogP contribution in [0.5, 0.6) is 0 Å². The van der Waals surface area contributed by atoms with Gasteiger partial charge in [-0.15, -0.1) is 0 Å². The van der Waals surface area contributed by atoms with Crippen molar-refractivity contribution >= 4 is 23.4 Å². The summed E-state index contributed by atoms with van der Waals surface area (Å²) >= 11 is 0. The highest BCUT2D eigenvalue weighted by molar-refractivity contribution is 6.46. The van der Waals surface area contributed by atoms with E-state index in [0.717, 1.165) is 0 Å². The van der Waals surface area contributed by atoms with Crippen molar-refractivity contribution in [1.82, 2.24) is 4.90 Å². The molecular formula is C13H9N3O3. The molecule has 0 unspecified atom stereocenters. The largest absolute Gasteiger partial charge is 0.459 e. The standard InChI is InChI=1S/C13H9N3O3/c17-12(10-4-3-7-19-10)15-9-8-14-11-5-1-2-6-16(11)13(9)18/h1-7H,8H2. The summed E-state index contributed by atoms with van der Waals surface area (Å²) in [5, 5.41) is 0. The average Bonchev–Trinajstić information content (AvgIpc) is 2.96. The summed E-state index contributed by atoms with van der Waals surface area (Å²) in [4.78, 5) is 33.2. The number of fused-ring (bicyclic) bond motifs is 1. The second kappa shape index (κ2) is 4.49. The Morgan fingerprint density at radius 2 is 2.32 bits per heavy atom. The number of carbonyl (C=O) groups is 2. The van der Waals surface area contributed by atoms with Gasteiger partial charge in [-0.1, -0.05) is 6.08 Å². The lowest BCUT2D eigenvalue weighted by atomic mass is 10.2. The minimum atomic E-state index is -0.580. The minimum Gasteiger partial charge on any atom is -0.459 e. The van der Waals surface area contributed by atoms with Gasteiger partial charge >= 0.3 is 5.91 Å². The SMILES string of the molecule is O=C(N=C1CN=C2C=CC=CN2C1=O)c1ccco1. The van der Waals surface area contributed by atoms with Crippen molar-refractivity contribution < 1.29 is 14.0 Å². The lowest BCUT2D eigenvalue weighted by molar-refractivity contribution is -0.119. The molecule has 0 saturated carbocycles. The fourth-order valence-corrected chi connectivity index (χ4v) is 1.76. The predicted octanol–water partition coefficient (Wildman–Crippen LogP) is 1.19. The smallest absolute Gasteiger partial charge is 0.313 e. The number of nitrogens with zero attached hydrogens (tertiary/aromatic N) is 3. The summed E-state index contributed by atoms with van der Waals surface area (Å²) in [5.41, 5.74) is 0.102. The van der Waals surface area contributed by atoms with Gasteiger partial charge < -0.3 is 4.42 Å². The molecule has 1 aromatic rings. The van der Waals surface area contributed by atoms with E-state index in [2.05, 4.69) is 9.98 Å². The molecule has 2 aliphatic rings. The molecule has 3 heterocycles. The van der Waals surface area contributed by atoms with Crippen LogP contribution in [0.2, 0.25) is 0 Å². The second-order valence-electron chi connectivity index (χ2n) is 3.89. The second-order valence-corrected chi connectivity index (χ2v) is 3.89. The van der Waals surface area contributed by atoms with Gasteiger partial charge in [-0.25, -0.2) is 4.99 Å². The summed E-state index contributed by atoms with van der Waals surface area (Å²) in [5.74, 6) is -0.268. The highest BCUT2D eigenvalue weighted by Gasteiger charge is 2.27. The number of allylic oxidation sites excluding steroid dienone is 2. The van der Waals surface area contributed by atoms with Gasteiger partial charge in [0.25, 0.3) is 5.91 Å². The molecule has 0 aromatic carbocycles. The number of aliphatic imine (C=N–C) groups is 2. The predicted molar refractivity (Wildman–Crippen MR) is 67.9 cm³/mol. The molecular weight excluding hydrogens is 246 g/mol. The Hall–Kier alpha value is -2.76. The fourth-order valence-electron chi connectivity index (χ4n) is 1.76. The zero-order valence-corrected chi connectivity index (χ0v) is 9.81. The van der Waals surface area contributed by atoms with E-state index >= 15 is 0 Å². The fraction of sp³-hybridized carbons (Fsp3) is 0.0769. The Balaban J connectivity index is 1.89. The van der Waals surface area contributed by atoms with Crippen LogP contribution in [-0.4, -0.2) is 34.8 Å². The van der Waals surface area contributed by atoms with Crippen molar-refractivity contribution in [2.45, 2.75) is 0 Å². The van der Waals surface area contributed by atoms with Crippen LogP contribution < -0.4 is 0 Å². The van der Waals surface area contributed by atoms with Crippen molar-refractivity contribution in [2.75, 3.05) is 6.54 Å². The molecule has 0 fully saturated rings. The van der Waals surface area contributed by atoms with Crippen LogP contribution in [0.3, 0.4) is 0 Å². The zero-order chi connectivity index (χ0) is 13.2. The molecule has 0 atom stereocenters. The van der Waals surface area contributed by atoms with Gasteiger partial charge in [0.1, 0.15) is 11.5 Å². The number of amidine groups is 1. The maximum absolute atomic E-state index is 12.1. The maximum Gasteiger partial charge on any atom is 0.313 e. The van der Waals surface area contributed by atoms with Crippen molar-refractivity contribution in [2.24, 2.45) is 9.98 Å². The molecule has 0 spiro atoms. The number of furan rings is 1. The quantitative estimate of drug-likeness (QED) is 0.756. The van der Waals surface area contributed by atoms with E-state index in [9.17, 15) is 9.59 Å². The van der Waals surface area contributed by atoms with Gasteiger partial charge in [-0.2, -0.15) is 0 Å². The molecule has 3 rings (SSSR count). The van der Waals surface area contributed by atoms with E-state index in [1.54, 1.807) is 30.5 Å². The summed E-state index contributed by atoms with van der Waals surface area (Å²) in [6, 6.07) is 3.09. The number of hydrogen-bond donors (Lipinski definition) is 0. The number of carbonyl (C=O) groups excluding carboxylic acids is 2. The summed E-state index contributed by atoms with van der Waals surface area (Å²) in [6.45, 7) is 0.0926. The van der Waals surface area contributed by atoms with Gasteiger partial charge in [0.05, 0.1) is 12.8 Å². The van der Waals surface area contributed by atoms with Gasteiger partial charge in [0.15, 0.2) is 5.76 Å². The zero-order valence-electron chi connectivity index (χ0n) is 9.81. The summed E-state index contributed by atoms with van der Waals surface area (Å²) in [7, 11) is 0. The van der Waals surface area contributed by atoms with E-state index in [-0.39, 0.29) is 23.9 Å². The van der Waals surface area contributed by atoms with Crippen molar-refractivity contribution in [1.29, 1.82) is 0 Å². The topological polar surface area (TPSA) is 75.2 Å². The molecule has 6 nitrogen and oxygen atoms in total. The molecule has 1 aromatic heterocycles. The van der Waals surface area contributed by atoms with Crippen LogP contribution in [0.15, 0.2) is 57.2 Å². The number of rotatable bonds is 1. The Kier molecular flexibility index (Phi) is 2.68. The highest BCUT2D eigenvalue weighted by Crippen LogP contribution is 2.11. The van der Waals surface area contributed by atoms with Crippen LogP contribution in [-0.2, 0) is 4.79 Å². The first-order valence-corrected chi connectivity index (χ1v) is 5.64. The van der Waals surface area contributed by atoms with Crippen molar-refractivity contribution in [3.8, 4) is 0 Å². The van der Waals surface area contributed by atoms with E-state index in [0.29, 0.717) is 5.84 Å². The molecule has 6 heteroatoms. The van der Waals surface area contributed by atoms with E-state index in [1.807, 2.05) is 0 Å². The Bertz CT molecular complexity index is 651. The van der Waals surface area contributed by atoms with Crippen LogP contribution in [0, 0.1) is 0 Å². The first kappa shape index (κ1) is 11.3. The number of amides is 2. The first-order chi connectivity index (χ1) is 9.25. The third kappa shape index (κ3) is 2.03. The van der Waals surface area contributed by atoms with E-state index < -0.39 is 5.91 Å². The van der Waals surface area contributed by atoms with Gasteiger partial charge in [0.2, 0.25) is 0 Å². The van der Waals surface area contributed by atoms with E-state index in [1.165, 1.54) is 17.2 Å². The molecule has 2 amide bonds. The lowest BCUT2D eigenvalue weighted by Crippen LogP contribution is -2.43. The highest BCUT2D eigenvalue weighted by atomic mass is 16.3. The molecule has 94 valence electrons. The molecule has 0 radical (unpaired) electrons. The van der Waals surface area contributed by atoms with Gasteiger partial charge in [0, 0.05) is 6.20 Å². The molecule has 0 aliphatic carbocycles. The monoisotopic (exact) mass is 255 g/mol. The molecule has 19 heavy (non-hydrogen) atoms. The van der Waals surface area contributed by atoms with Crippen LogP contribution in [0.4, 0.5) is 0 Å². The Labute approximate surface area is 108 Å². The lowest BCUT2D eigenvalue weighted by Gasteiger charge is -2.24. The first-order valence-electron chi connectivity index (χ1n) is 5.64. The molecule has 0 N–H and O–H groups in total. The molecule has 2 aliphatic heterocycles.